The topological polar surface area (TPSA) is 53.2 Å². The van der Waals surface area contributed by atoms with E-state index in [1.54, 1.807) is 6.07 Å². The van der Waals surface area contributed by atoms with Gasteiger partial charge in [0.1, 0.15) is 11.9 Å². The van der Waals surface area contributed by atoms with Gasteiger partial charge in [0.2, 0.25) is 0 Å². The van der Waals surface area contributed by atoms with Gasteiger partial charge in [-0.05, 0) is 12.8 Å². The summed E-state index contributed by atoms with van der Waals surface area (Å²) in [5.41, 5.74) is 0. The lowest BCUT2D eigenvalue weighted by atomic mass is 10.2. The summed E-state index contributed by atoms with van der Waals surface area (Å²) in [6, 6.07) is 1.75. The number of nitriles is 1. The molecule has 1 aliphatic rings. The Morgan fingerprint density at radius 1 is 1.80 bits per heavy atom. The van der Waals surface area contributed by atoms with Gasteiger partial charge >= 0.3 is 0 Å². The van der Waals surface area contributed by atoms with Gasteiger partial charge in [-0.1, -0.05) is 0 Å². The second-order valence-corrected chi connectivity index (χ2v) is 2.20. The normalized spacial score (nSPS) is 26.3. The summed E-state index contributed by atoms with van der Waals surface area (Å²) in [5, 5.41) is 17.2. The van der Waals surface area contributed by atoms with Crippen LogP contribution in [0, 0.1) is 11.3 Å². The number of hydrogen-bond acceptors (Lipinski definition) is 3. The van der Waals surface area contributed by atoms with Crippen LogP contribution >= 0.6 is 0 Å². The Bertz CT molecular complexity index is 175. The molecule has 1 saturated heterocycles. The Morgan fingerprint density at radius 2 is 2.60 bits per heavy atom. The number of allylic oxidation sites excluding steroid dienone is 1. The maximum atomic E-state index is 9.06. The average molecular weight is 139 g/mol. The predicted molar refractivity (Wildman–Crippen MR) is 35.3 cm³/mol. The van der Waals surface area contributed by atoms with E-state index >= 15 is 0 Å². The molecule has 1 fully saturated rings. The third kappa shape index (κ3) is 1.49. The number of aliphatic hydroxyl groups excluding tert-OH is 1. The molecule has 1 N–H and O–H groups in total. The molecule has 0 aromatic heterocycles. The molecule has 0 radical (unpaired) electrons. The van der Waals surface area contributed by atoms with E-state index in [0.29, 0.717) is 6.61 Å². The Balaban J connectivity index is 2.49. The summed E-state index contributed by atoms with van der Waals surface area (Å²) in [5.74, 6) is 0.0556. The highest BCUT2D eigenvalue weighted by molar-refractivity contribution is 5.11. The molecule has 1 atom stereocenters. The molecule has 54 valence electrons. The lowest BCUT2D eigenvalue weighted by Gasteiger charge is -2.05. The SMILES string of the molecule is N#CC=C(O)C1CCCO1. The number of nitrogens with zero attached hydrogens (tertiary/aromatic N) is 1. The van der Waals surface area contributed by atoms with Crippen molar-refractivity contribution in [2.45, 2.75) is 18.9 Å². The van der Waals surface area contributed by atoms with Crippen LogP contribution in [0.4, 0.5) is 0 Å². The monoisotopic (exact) mass is 139 g/mol. The molecule has 0 amide bonds. The van der Waals surface area contributed by atoms with Crippen molar-refractivity contribution in [2.24, 2.45) is 0 Å². The molecule has 1 unspecified atom stereocenters. The van der Waals surface area contributed by atoms with Crippen molar-refractivity contribution in [3.8, 4) is 6.07 Å². The molecule has 0 aromatic rings. The minimum Gasteiger partial charge on any atom is -0.509 e. The first-order valence-electron chi connectivity index (χ1n) is 3.25. The van der Waals surface area contributed by atoms with E-state index in [-0.39, 0.29) is 11.9 Å². The third-order valence-corrected chi connectivity index (χ3v) is 1.47. The summed E-state index contributed by atoms with van der Waals surface area (Å²) in [6.07, 6.45) is 2.69. The molecule has 10 heavy (non-hydrogen) atoms. The zero-order valence-corrected chi connectivity index (χ0v) is 5.58. The Labute approximate surface area is 59.5 Å². The minimum absolute atomic E-state index is 0.0556. The first-order chi connectivity index (χ1) is 4.84. The molecule has 0 spiro atoms. The van der Waals surface area contributed by atoms with E-state index < -0.39 is 0 Å². The van der Waals surface area contributed by atoms with Crippen LogP contribution in [0.15, 0.2) is 11.8 Å². The van der Waals surface area contributed by atoms with Crippen molar-refractivity contribution in [3.63, 3.8) is 0 Å². The van der Waals surface area contributed by atoms with E-state index in [1.165, 1.54) is 0 Å². The average Bonchev–Trinajstić information content (AvgIpc) is 2.38. The van der Waals surface area contributed by atoms with E-state index in [2.05, 4.69) is 0 Å². The number of aliphatic hydroxyl groups is 1. The van der Waals surface area contributed by atoms with Gasteiger partial charge in [0.25, 0.3) is 0 Å². The van der Waals surface area contributed by atoms with Gasteiger partial charge in [0, 0.05) is 6.61 Å². The summed E-state index contributed by atoms with van der Waals surface area (Å²) in [7, 11) is 0. The molecule has 0 saturated carbocycles. The lowest BCUT2D eigenvalue weighted by molar-refractivity contribution is 0.102. The van der Waals surface area contributed by atoms with Crippen molar-refractivity contribution < 1.29 is 9.84 Å². The van der Waals surface area contributed by atoms with Crippen molar-refractivity contribution in [3.05, 3.63) is 11.8 Å². The fourth-order valence-corrected chi connectivity index (χ4v) is 0.970. The van der Waals surface area contributed by atoms with E-state index in [0.717, 1.165) is 18.9 Å². The van der Waals surface area contributed by atoms with Gasteiger partial charge in [0.05, 0.1) is 12.1 Å². The van der Waals surface area contributed by atoms with Crippen LogP contribution in [0.3, 0.4) is 0 Å². The molecular weight excluding hydrogens is 130 g/mol. The maximum Gasteiger partial charge on any atom is 0.131 e. The molecule has 1 heterocycles. The summed E-state index contributed by atoms with van der Waals surface area (Å²) in [6.45, 7) is 0.688. The third-order valence-electron chi connectivity index (χ3n) is 1.47. The second kappa shape index (κ2) is 3.23. The number of hydrogen-bond donors (Lipinski definition) is 1. The predicted octanol–water partition coefficient (Wildman–Crippen LogP) is 1.13. The molecule has 0 bridgehead atoms. The van der Waals surface area contributed by atoms with Gasteiger partial charge in [-0.3, -0.25) is 0 Å². The molecule has 0 aromatic carbocycles. The first-order valence-corrected chi connectivity index (χ1v) is 3.25. The summed E-state index contributed by atoms with van der Waals surface area (Å²) in [4.78, 5) is 0. The molecule has 1 rings (SSSR count). The van der Waals surface area contributed by atoms with Crippen LogP contribution in [0.2, 0.25) is 0 Å². The quantitative estimate of drug-likeness (QED) is 0.437. The smallest absolute Gasteiger partial charge is 0.131 e. The Morgan fingerprint density at radius 3 is 3.10 bits per heavy atom. The Kier molecular flexibility index (Phi) is 2.30. The largest absolute Gasteiger partial charge is 0.509 e. The molecule has 0 aliphatic carbocycles. The van der Waals surface area contributed by atoms with Crippen LogP contribution in [-0.4, -0.2) is 17.8 Å². The fourth-order valence-electron chi connectivity index (χ4n) is 0.970. The zero-order chi connectivity index (χ0) is 7.40. The highest BCUT2D eigenvalue weighted by atomic mass is 16.5. The van der Waals surface area contributed by atoms with Crippen molar-refractivity contribution >= 4 is 0 Å². The van der Waals surface area contributed by atoms with Crippen LogP contribution in [0.1, 0.15) is 12.8 Å². The van der Waals surface area contributed by atoms with Crippen LogP contribution in [-0.2, 0) is 4.74 Å². The van der Waals surface area contributed by atoms with Gasteiger partial charge in [-0.15, -0.1) is 0 Å². The summed E-state index contributed by atoms with van der Waals surface area (Å²) < 4.78 is 5.10. The summed E-state index contributed by atoms with van der Waals surface area (Å²) >= 11 is 0. The molecular formula is C7H9NO2. The molecule has 3 nitrogen and oxygen atoms in total. The lowest BCUT2D eigenvalue weighted by Crippen LogP contribution is -2.07. The highest BCUT2D eigenvalue weighted by Gasteiger charge is 2.18. The zero-order valence-electron chi connectivity index (χ0n) is 5.58. The van der Waals surface area contributed by atoms with Gasteiger partial charge < -0.3 is 9.84 Å². The van der Waals surface area contributed by atoms with Crippen molar-refractivity contribution in [1.29, 1.82) is 5.26 Å². The first kappa shape index (κ1) is 7.10. The number of ether oxygens (including phenoxy) is 1. The minimum atomic E-state index is -0.223. The highest BCUT2D eigenvalue weighted by Crippen LogP contribution is 2.17. The van der Waals surface area contributed by atoms with E-state index in [1.807, 2.05) is 0 Å². The number of rotatable bonds is 1. The fraction of sp³-hybridized carbons (Fsp3) is 0.571. The van der Waals surface area contributed by atoms with Crippen molar-refractivity contribution in [2.75, 3.05) is 6.61 Å². The standard InChI is InChI=1S/C7H9NO2/c8-4-3-6(9)7-2-1-5-10-7/h3,7,9H,1-2,5H2. The second-order valence-electron chi connectivity index (χ2n) is 2.20. The van der Waals surface area contributed by atoms with Gasteiger partial charge in [-0.25, -0.2) is 0 Å². The maximum absolute atomic E-state index is 9.06. The molecule has 3 heteroatoms. The van der Waals surface area contributed by atoms with Gasteiger partial charge in [-0.2, -0.15) is 5.26 Å². The van der Waals surface area contributed by atoms with Crippen molar-refractivity contribution in [1.82, 2.24) is 0 Å². The Hall–Kier alpha value is -1.01. The van der Waals surface area contributed by atoms with Crippen LogP contribution in [0.25, 0.3) is 0 Å². The van der Waals surface area contributed by atoms with Crippen LogP contribution in [0.5, 0.6) is 0 Å². The van der Waals surface area contributed by atoms with E-state index in [4.69, 9.17) is 15.1 Å². The molecule has 1 aliphatic heterocycles. The van der Waals surface area contributed by atoms with Gasteiger partial charge in [0.15, 0.2) is 0 Å². The van der Waals surface area contributed by atoms with Crippen LogP contribution < -0.4 is 0 Å². The van der Waals surface area contributed by atoms with E-state index in [9.17, 15) is 0 Å².